The molecule has 1 aromatic carbocycles. The smallest absolute Gasteiger partial charge is 0.277 e. The van der Waals surface area contributed by atoms with Crippen LogP contribution in [0.2, 0.25) is 0 Å². The first-order chi connectivity index (χ1) is 11.2. The van der Waals surface area contributed by atoms with Crippen LogP contribution in [-0.4, -0.2) is 20.2 Å². The molecule has 0 spiro atoms. The molecule has 0 fully saturated rings. The molecule has 3 heterocycles. The number of para-hydroxylation sites is 2. The maximum atomic E-state index is 5.70. The van der Waals surface area contributed by atoms with Crippen molar-refractivity contribution in [3.63, 3.8) is 0 Å². The fourth-order valence-electron chi connectivity index (χ4n) is 2.19. The predicted octanol–water partition coefficient (Wildman–Crippen LogP) is 4.24. The monoisotopic (exact) mass is 344 g/mol. The molecule has 116 valence electrons. The molecular weight excluding hydrogens is 332 g/mol. The van der Waals surface area contributed by atoms with E-state index in [0.29, 0.717) is 22.8 Å². The van der Waals surface area contributed by atoms with E-state index >= 15 is 0 Å². The van der Waals surface area contributed by atoms with Crippen molar-refractivity contribution >= 4 is 34.2 Å². The van der Waals surface area contributed by atoms with Gasteiger partial charge >= 0.3 is 0 Å². The number of rotatable bonds is 4. The van der Waals surface area contributed by atoms with E-state index in [1.54, 1.807) is 11.3 Å². The second kappa shape index (κ2) is 5.78. The van der Waals surface area contributed by atoms with Crippen molar-refractivity contribution < 1.29 is 8.83 Å². The molecule has 0 radical (unpaired) electrons. The van der Waals surface area contributed by atoms with Crippen LogP contribution >= 0.6 is 23.1 Å². The van der Waals surface area contributed by atoms with Gasteiger partial charge in [0, 0.05) is 0 Å². The van der Waals surface area contributed by atoms with Gasteiger partial charge in [0.05, 0.1) is 16.5 Å². The van der Waals surface area contributed by atoms with Crippen LogP contribution in [0.4, 0.5) is 0 Å². The molecule has 0 N–H and O–H groups in total. The number of aromatic nitrogens is 4. The Hall–Kier alpha value is -2.19. The fraction of sp³-hybridized carbons (Fsp3) is 0.200. The van der Waals surface area contributed by atoms with E-state index in [1.165, 1.54) is 11.8 Å². The Morgan fingerprint density at radius 1 is 1.09 bits per heavy atom. The second-order valence-corrected chi connectivity index (χ2v) is 7.01. The minimum atomic E-state index is 0.493. The number of nitrogens with zero attached hydrogens (tertiary/aromatic N) is 4. The van der Waals surface area contributed by atoms with Crippen LogP contribution < -0.4 is 0 Å². The summed E-state index contributed by atoms with van der Waals surface area (Å²) in [6, 6.07) is 7.68. The number of aryl methyl sites for hydroxylation is 2. The van der Waals surface area contributed by atoms with E-state index in [0.717, 1.165) is 26.7 Å². The van der Waals surface area contributed by atoms with E-state index in [-0.39, 0.29) is 0 Å². The molecule has 0 saturated carbocycles. The van der Waals surface area contributed by atoms with Crippen molar-refractivity contribution in [2.24, 2.45) is 0 Å². The van der Waals surface area contributed by atoms with Gasteiger partial charge < -0.3 is 8.83 Å². The molecule has 0 atom stereocenters. The number of hydrogen-bond donors (Lipinski definition) is 0. The molecule has 0 amide bonds. The SMILES string of the molecule is Cc1nc(C)c(-c2nnc(SCc3nc4ccccc4o3)o2)s1. The lowest BCUT2D eigenvalue weighted by molar-refractivity contribution is 0.465. The largest absolute Gasteiger partial charge is 0.440 e. The Labute approximate surface area is 140 Å². The summed E-state index contributed by atoms with van der Waals surface area (Å²) in [5.41, 5.74) is 2.54. The predicted molar refractivity (Wildman–Crippen MR) is 88.5 cm³/mol. The third-order valence-electron chi connectivity index (χ3n) is 3.16. The number of fused-ring (bicyclic) bond motifs is 1. The highest BCUT2D eigenvalue weighted by atomic mass is 32.2. The molecular formula is C15H12N4O2S2. The highest BCUT2D eigenvalue weighted by Gasteiger charge is 2.16. The molecule has 4 rings (SSSR count). The first-order valence-corrected chi connectivity index (χ1v) is 8.74. The summed E-state index contributed by atoms with van der Waals surface area (Å²) >= 11 is 2.96. The maximum Gasteiger partial charge on any atom is 0.277 e. The Morgan fingerprint density at radius 3 is 2.74 bits per heavy atom. The molecule has 3 aromatic heterocycles. The minimum Gasteiger partial charge on any atom is -0.440 e. The molecule has 0 aliphatic heterocycles. The summed E-state index contributed by atoms with van der Waals surface area (Å²) in [5.74, 6) is 1.69. The summed E-state index contributed by atoms with van der Waals surface area (Å²) in [6.07, 6.45) is 0. The van der Waals surface area contributed by atoms with E-state index in [1.807, 2.05) is 38.1 Å². The van der Waals surface area contributed by atoms with Crippen LogP contribution in [0, 0.1) is 13.8 Å². The Kier molecular flexibility index (Phi) is 3.62. The van der Waals surface area contributed by atoms with Crippen LogP contribution in [0.5, 0.6) is 0 Å². The highest BCUT2D eigenvalue weighted by Crippen LogP contribution is 2.31. The number of oxazole rings is 1. The standard InChI is InChI=1S/C15H12N4O2S2/c1-8-13(23-9(2)16-8)14-18-19-15(21-14)22-7-12-17-10-5-3-4-6-11(10)20-12/h3-6H,7H2,1-2H3. The van der Waals surface area contributed by atoms with Gasteiger partial charge in [0.2, 0.25) is 5.89 Å². The number of thiazole rings is 1. The summed E-state index contributed by atoms with van der Waals surface area (Å²) in [6.45, 7) is 3.90. The van der Waals surface area contributed by atoms with Gasteiger partial charge in [0.15, 0.2) is 5.58 Å². The molecule has 23 heavy (non-hydrogen) atoms. The third kappa shape index (κ3) is 2.87. The normalized spacial score (nSPS) is 11.4. The Balaban J connectivity index is 1.50. The first-order valence-electron chi connectivity index (χ1n) is 6.94. The topological polar surface area (TPSA) is 77.8 Å². The number of thioether (sulfide) groups is 1. The number of benzene rings is 1. The van der Waals surface area contributed by atoms with Crippen molar-refractivity contribution in [1.82, 2.24) is 20.2 Å². The zero-order valence-corrected chi connectivity index (χ0v) is 14.1. The average Bonchev–Trinajstić information content (AvgIpc) is 3.22. The zero-order chi connectivity index (χ0) is 15.8. The van der Waals surface area contributed by atoms with Gasteiger partial charge in [-0.25, -0.2) is 9.97 Å². The third-order valence-corrected chi connectivity index (χ3v) is 5.03. The summed E-state index contributed by atoms with van der Waals surface area (Å²) in [5, 5.41) is 9.64. The molecule has 8 heteroatoms. The van der Waals surface area contributed by atoms with E-state index in [9.17, 15) is 0 Å². The lowest BCUT2D eigenvalue weighted by Crippen LogP contribution is -1.79. The molecule has 4 aromatic rings. The van der Waals surface area contributed by atoms with E-state index < -0.39 is 0 Å². The van der Waals surface area contributed by atoms with Gasteiger partial charge in [-0.15, -0.1) is 21.5 Å². The Morgan fingerprint density at radius 2 is 1.96 bits per heavy atom. The number of hydrogen-bond acceptors (Lipinski definition) is 8. The van der Waals surface area contributed by atoms with Crippen molar-refractivity contribution in [2.45, 2.75) is 24.8 Å². The van der Waals surface area contributed by atoms with Gasteiger partial charge in [-0.3, -0.25) is 0 Å². The zero-order valence-electron chi connectivity index (χ0n) is 12.4. The van der Waals surface area contributed by atoms with Gasteiger partial charge in [0.1, 0.15) is 10.4 Å². The maximum absolute atomic E-state index is 5.70. The first kappa shape index (κ1) is 14.4. The van der Waals surface area contributed by atoms with Crippen molar-refractivity contribution in [3.05, 3.63) is 40.9 Å². The quantitative estimate of drug-likeness (QED) is 0.512. The second-order valence-electron chi connectivity index (χ2n) is 4.88. The average molecular weight is 344 g/mol. The van der Waals surface area contributed by atoms with Crippen molar-refractivity contribution in [2.75, 3.05) is 0 Å². The fourth-order valence-corrected chi connectivity index (χ4v) is 3.64. The van der Waals surface area contributed by atoms with Gasteiger partial charge in [0.25, 0.3) is 11.1 Å². The molecule has 0 aliphatic rings. The molecule has 0 saturated heterocycles. The highest BCUT2D eigenvalue weighted by molar-refractivity contribution is 7.98. The van der Waals surface area contributed by atoms with Crippen LogP contribution in [0.25, 0.3) is 21.9 Å². The van der Waals surface area contributed by atoms with E-state index in [4.69, 9.17) is 8.83 Å². The summed E-state index contributed by atoms with van der Waals surface area (Å²) in [7, 11) is 0. The van der Waals surface area contributed by atoms with Crippen molar-refractivity contribution in [1.29, 1.82) is 0 Å². The van der Waals surface area contributed by atoms with Crippen LogP contribution in [0.15, 0.2) is 38.3 Å². The molecule has 0 unspecified atom stereocenters. The van der Waals surface area contributed by atoms with Crippen molar-refractivity contribution in [3.8, 4) is 10.8 Å². The van der Waals surface area contributed by atoms with Crippen LogP contribution in [0.1, 0.15) is 16.6 Å². The van der Waals surface area contributed by atoms with Gasteiger partial charge in [-0.05, 0) is 26.0 Å². The van der Waals surface area contributed by atoms with Crippen LogP contribution in [0.3, 0.4) is 0 Å². The molecule has 6 nitrogen and oxygen atoms in total. The molecule has 0 aliphatic carbocycles. The Bertz CT molecular complexity index is 940. The molecule has 0 bridgehead atoms. The minimum absolute atomic E-state index is 0.493. The summed E-state index contributed by atoms with van der Waals surface area (Å²) < 4.78 is 11.4. The van der Waals surface area contributed by atoms with E-state index in [2.05, 4.69) is 20.2 Å². The summed E-state index contributed by atoms with van der Waals surface area (Å²) in [4.78, 5) is 9.72. The lowest BCUT2D eigenvalue weighted by atomic mass is 10.3. The van der Waals surface area contributed by atoms with Gasteiger partial charge in [-0.2, -0.15) is 0 Å². The van der Waals surface area contributed by atoms with Crippen LogP contribution in [-0.2, 0) is 5.75 Å². The van der Waals surface area contributed by atoms with Gasteiger partial charge in [-0.1, -0.05) is 23.9 Å². The lowest BCUT2D eigenvalue weighted by Gasteiger charge is -1.91.